The fraction of sp³-hybridized carbons (Fsp3) is 0.300. The average molecular weight is 213 g/mol. The summed E-state index contributed by atoms with van der Waals surface area (Å²) >= 11 is 5.81. The molecular weight excluding hydrogens is 200 g/mol. The van der Waals surface area contributed by atoms with Gasteiger partial charge in [-0.05, 0) is 17.7 Å². The minimum atomic E-state index is -0.0787. The monoisotopic (exact) mass is 212 g/mol. The Labute approximate surface area is 88.5 Å². The Kier molecular flexibility index (Phi) is 3.92. The minimum Gasteiger partial charge on any atom is -0.340 e. The van der Waals surface area contributed by atoms with Crippen molar-refractivity contribution < 1.29 is 4.79 Å². The zero-order valence-corrected chi connectivity index (χ0v) is 8.79. The number of benzene rings is 1. The van der Waals surface area contributed by atoms with E-state index in [1.807, 2.05) is 18.2 Å². The predicted molar refractivity (Wildman–Crippen MR) is 57.0 cm³/mol. The summed E-state index contributed by atoms with van der Waals surface area (Å²) in [6.45, 7) is 0.577. The third-order valence-corrected chi connectivity index (χ3v) is 2.14. The maximum Gasteiger partial charge on any atom is 0.236 e. The van der Waals surface area contributed by atoms with Crippen LogP contribution in [0.5, 0.6) is 0 Å². The van der Waals surface area contributed by atoms with Crippen molar-refractivity contribution in [2.24, 2.45) is 5.73 Å². The Balaban J connectivity index is 2.64. The number of likely N-dealkylation sites (N-methyl/N-ethyl adjacent to an activating group) is 1. The molecule has 14 heavy (non-hydrogen) atoms. The third-order valence-electron chi connectivity index (χ3n) is 1.91. The number of hydrogen-bond acceptors (Lipinski definition) is 2. The Morgan fingerprint density at radius 1 is 1.57 bits per heavy atom. The summed E-state index contributed by atoms with van der Waals surface area (Å²) in [6.07, 6.45) is 0. The van der Waals surface area contributed by atoms with Gasteiger partial charge in [0.2, 0.25) is 5.91 Å². The Morgan fingerprint density at radius 2 is 2.29 bits per heavy atom. The second kappa shape index (κ2) is 4.98. The normalized spacial score (nSPS) is 9.93. The van der Waals surface area contributed by atoms with Crippen molar-refractivity contribution >= 4 is 17.5 Å². The summed E-state index contributed by atoms with van der Waals surface area (Å²) in [7, 11) is 1.72. The molecule has 0 aromatic heterocycles. The molecule has 76 valence electrons. The molecule has 0 heterocycles. The van der Waals surface area contributed by atoms with Crippen molar-refractivity contribution in [3.8, 4) is 0 Å². The zero-order valence-electron chi connectivity index (χ0n) is 8.03. The highest BCUT2D eigenvalue weighted by Gasteiger charge is 2.06. The summed E-state index contributed by atoms with van der Waals surface area (Å²) in [4.78, 5) is 12.7. The molecule has 0 fully saturated rings. The van der Waals surface area contributed by atoms with Gasteiger partial charge < -0.3 is 10.6 Å². The van der Waals surface area contributed by atoms with E-state index >= 15 is 0 Å². The Morgan fingerprint density at radius 3 is 2.86 bits per heavy atom. The summed E-state index contributed by atoms with van der Waals surface area (Å²) in [5, 5.41) is 0.677. The van der Waals surface area contributed by atoms with Gasteiger partial charge in [-0.25, -0.2) is 0 Å². The van der Waals surface area contributed by atoms with E-state index in [1.165, 1.54) is 0 Å². The summed E-state index contributed by atoms with van der Waals surface area (Å²) in [5.41, 5.74) is 6.24. The maximum atomic E-state index is 11.2. The van der Waals surface area contributed by atoms with Crippen LogP contribution in [0.1, 0.15) is 5.56 Å². The quantitative estimate of drug-likeness (QED) is 0.820. The molecular formula is C10H13ClN2O. The van der Waals surface area contributed by atoms with Crippen LogP contribution in [0.15, 0.2) is 24.3 Å². The van der Waals surface area contributed by atoms with Crippen molar-refractivity contribution in [2.75, 3.05) is 13.6 Å². The van der Waals surface area contributed by atoms with Gasteiger partial charge in [-0.2, -0.15) is 0 Å². The van der Waals surface area contributed by atoms with E-state index in [0.29, 0.717) is 11.6 Å². The molecule has 0 saturated heterocycles. The molecule has 2 N–H and O–H groups in total. The maximum absolute atomic E-state index is 11.2. The first-order valence-electron chi connectivity index (χ1n) is 4.32. The molecule has 1 amide bonds. The molecule has 1 aromatic rings. The standard InChI is InChI=1S/C10H13ClN2O/c1-13(10(14)6-12)7-8-3-2-4-9(11)5-8/h2-5H,6-7,12H2,1H3. The van der Waals surface area contributed by atoms with E-state index in [4.69, 9.17) is 17.3 Å². The van der Waals surface area contributed by atoms with Crippen molar-refractivity contribution in [1.29, 1.82) is 0 Å². The van der Waals surface area contributed by atoms with E-state index in [0.717, 1.165) is 5.56 Å². The van der Waals surface area contributed by atoms with Crippen molar-refractivity contribution in [3.05, 3.63) is 34.9 Å². The number of nitrogens with zero attached hydrogens (tertiary/aromatic N) is 1. The van der Waals surface area contributed by atoms with Gasteiger partial charge in [0.1, 0.15) is 0 Å². The number of rotatable bonds is 3. The van der Waals surface area contributed by atoms with Gasteiger partial charge in [0, 0.05) is 18.6 Å². The molecule has 0 spiro atoms. The number of hydrogen-bond donors (Lipinski definition) is 1. The molecule has 3 nitrogen and oxygen atoms in total. The Hall–Kier alpha value is -1.06. The molecule has 0 unspecified atom stereocenters. The van der Waals surface area contributed by atoms with E-state index < -0.39 is 0 Å². The van der Waals surface area contributed by atoms with Crippen LogP contribution < -0.4 is 5.73 Å². The molecule has 0 aliphatic rings. The van der Waals surface area contributed by atoms with Gasteiger partial charge in [-0.15, -0.1) is 0 Å². The Bertz CT molecular complexity index is 328. The lowest BCUT2D eigenvalue weighted by atomic mass is 10.2. The topological polar surface area (TPSA) is 46.3 Å². The fourth-order valence-electron chi connectivity index (χ4n) is 1.15. The van der Waals surface area contributed by atoms with Crippen LogP contribution in [0.4, 0.5) is 0 Å². The van der Waals surface area contributed by atoms with Crippen LogP contribution in [0.3, 0.4) is 0 Å². The average Bonchev–Trinajstić information content (AvgIpc) is 2.16. The number of carbonyl (C=O) groups excluding carboxylic acids is 1. The lowest BCUT2D eigenvalue weighted by molar-refractivity contribution is -0.128. The number of halogens is 1. The highest BCUT2D eigenvalue weighted by atomic mass is 35.5. The minimum absolute atomic E-state index is 0.0388. The van der Waals surface area contributed by atoms with Crippen LogP contribution in [-0.4, -0.2) is 24.4 Å². The van der Waals surface area contributed by atoms with Gasteiger partial charge in [0.25, 0.3) is 0 Å². The molecule has 0 bridgehead atoms. The van der Waals surface area contributed by atoms with Crippen LogP contribution >= 0.6 is 11.6 Å². The largest absolute Gasteiger partial charge is 0.340 e. The molecule has 1 rings (SSSR count). The molecule has 0 atom stereocenters. The number of nitrogens with two attached hydrogens (primary N) is 1. The summed E-state index contributed by atoms with van der Waals surface area (Å²) < 4.78 is 0. The van der Waals surface area contributed by atoms with Gasteiger partial charge >= 0.3 is 0 Å². The lowest BCUT2D eigenvalue weighted by Gasteiger charge is -2.16. The molecule has 4 heteroatoms. The highest BCUT2D eigenvalue weighted by Crippen LogP contribution is 2.11. The second-order valence-electron chi connectivity index (χ2n) is 3.08. The lowest BCUT2D eigenvalue weighted by Crippen LogP contribution is -2.32. The number of amides is 1. The molecule has 0 saturated carbocycles. The smallest absolute Gasteiger partial charge is 0.236 e. The van der Waals surface area contributed by atoms with Crippen molar-refractivity contribution in [3.63, 3.8) is 0 Å². The van der Waals surface area contributed by atoms with Crippen LogP contribution in [0, 0.1) is 0 Å². The van der Waals surface area contributed by atoms with Gasteiger partial charge in [-0.3, -0.25) is 4.79 Å². The predicted octanol–water partition coefficient (Wildman–Crippen LogP) is 1.26. The van der Waals surface area contributed by atoms with Gasteiger partial charge in [0.05, 0.1) is 6.54 Å². The van der Waals surface area contributed by atoms with E-state index in [2.05, 4.69) is 0 Å². The van der Waals surface area contributed by atoms with Crippen LogP contribution in [-0.2, 0) is 11.3 Å². The first-order chi connectivity index (χ1) is 6.63. The van der Waals surface area contributed by atoms with E-state index in [-0.39, 0.29) is 12.5 Å². The second-order valence-corrected chi connectivity index (χ2v) is 3.52. The molecule has 0 aliphatic heterocycles. The summed E-state index contributed by atoms with van der Waals surface area (Å²) in [6, 6.07) is 7.42. The van der Waals surface area contributed by atoms with E-state index in [9.17, 15) is 4.79 Å². The van der Waals surface area contributed by atoms with Gasteiger partial charge in [-0.1, -0.05) is 23.7 Å². The zero-order chi connectivity index (χ0) is 10.6. The van der Waals surface area contributed by atoms with E-state index in [1.54, 1.807) is 18.0 Å². The third kappa shape index (κ3) is 3.01. The van der Waals surface area contributed by atoms with Gasteiger partial charge in [0.15, 0.2) is 0 Å². The molecule has 1 aromatic carbocycles. The van der Waals surface area contributed by atoms with Crippen LogP contribution in [0.25, 0.3) is 0 Å². The first kappa shape index (κ1) is 11.0. The van der Waals surface area contributed by atoms with Crippen LogP contribution in [0.2, 0.25) is 5.02 Å². The van der Waals surface area contributed by atoms with Crippen molar-refractivity contribution in [1.82, 2.24) is 4.90 Å². The first-order valence-corrected chi connectivity index (χ1v) is 4.69. The number of carbonyl (C=O) groups is 1. The SMILES string of the molecule is CN(Cc1cccc(Cl)c1)C(=O)CN. The highest BCUT2D eigenvalue weighted by molar-refractivity contribution is 6.30. The van der Waals surface area contributed by atoms with Crippen molar-refractivity contribution in [2.45, 2.75) is 6.54 Å². The molecule has 0 radical (unpaired) electrons. The fourth-order valence-corrected chi connectivity index (χ4v) is 1.37. The summed E-state index contributed by atoms with van der Waals surface area (Å²) in [5.74, 6) is -0.0787. The molecule has 0 aliphatic carbocycles.